The molecule has 1 fully saturated rings. The summed E-state index contributed by atoms with van der Waals surface area (Å²) in [4.78, 5) is 22.0. The average molecular weight is 428 g/mol. The van der Waals surface area contributed by atoms with Crippen molar-refractivity contribution in [1.82, 2.24) is 20.4 Å². The van der Waals surface area contributed by atoms with Crippen LogP contribution in [0, 0.1) is 0 Å². The van der Waals surface area contributed by atoms with Crippen molar-refractivity contribution in [1.29, 1.82) is 0 Å². The van der Waals surface area contributed by atoms with Crippen LogP contribution in [0.25, 0.3) is 0 Å². The van der Waals surface area contributed by atoms with Gasteiger partial charge in [-0.05, 0) is 42.8 Å². The van der Waals surface area contributed by atoms with Crippen molar-refractivity contribution in [3.05, 3.63) is 58.3 Å². The average Bonchev–Trinajstić information content (AvgIpc) is 3.42. The lowest BCUT2D eigenvalue weighted by atomic mass is 10.2. The monoisotopic (exact) mass is 427 g/mol. The molecule has 30 heavy (non-hydrogen) atoms. The Bertz CT molecular complexity index is 791. The number of rotatable bonds is 9. The number of aliphatic imine (C=N–C) groups is 1. The van der Waals surface area contributed by atoms with E-state index in [2.05, 4.69) is 68.4 Å². The van der Waals surface area contributed by atoms with Gasteiger partial charge >= 0.3 is 0 Å². The van der Waals surface area contributed by atoms with Crippen molar-refractivity contribution >= 4 is 23.2 Å². The standard InChI is InChI=1S/C23H33N5OS/c1-27(2)22(29)17-26-23(24-13-12-21-11-7-15-30-21)25-16-20-10-6-14-28(20)18-19-8-4-3-5-9-19/h3-5,7-9,11,15,20H,6,10,12-14,16-18H2,1-2H3,(H2,24,25,26). The smallest absolute Gasteiger partial charge is 0.243 e. The number of nitrogens with one attached hydrogen (secondary N) is 2. The summed E-state index contributed by atoms with van der Waals surface area (Å²) in [5, 5.41) is 8.98. The zero-order valence-electron chi connectivity index (χ0n) is 18.0. The summed E-state index contributed by atoms with van der Waals surface area (Å²) < 4.78 is 0. The summed E-state index contributed by atoms with van der Waals surface area (Å²) in [7, 11) is 3.52. The first kappa shape index (κ1) is 22.3. The van der Waals surface area contributed by atoms with Gasteiger partial charge in [0.1, 0.15) is 6.54 Å². The molecule has 2 N–H and O–H groups in total. The van der Waals surface area contributed by atoms with E-state index in [1.54, 1.807) is 30.3 Å². The number of likely N-dealkylation sites (tertiary alicyclic amines) is 1. The fourth-order valence-electron chi connectivity index (χ4n) is 3.59. The predicted molar refractivity (Wildman–Crippen MR) is 125 cm³/mol. The third kappa shape index (κ3) is 7.15. The van der Waals surface area contributed by atoms with Crippen molar-refractivity contribution in [2.75, 3.05) is 40.3 Å². The Kier molecular flexibility index (Phi) is 8.71. The molecule has 1 aromatic carbocycles. The minimum Gasteiger partial charge on any atom is -0.356 e. The molecule has 0 bridgehead atoms. The number of carbonyl (C=O) groups is 1. The van der Waals surface area contributed by atoms with Gasteiger partial charge in [-0.25, -0.2) is 4.99 Å². The molecule has 162 valence electrons. The fraction of sp³-hybridized carbons (Fsp3) is 0.478. The molecule has 0 saturated carbocycles. The van der Waals surface area contributed by atoms with E-state index in [0.29, 0.717) is 12.0 Å². The highest BCUT2D eigenvalue weighted by Gasteiger charge is 2.24. The molecule has 1 amide bonds. The van der Waals surface area contributed by atoms with Crippen LogP contribution < -0.4 is 10.6 Å². The summed E-state index contributed by atoms with van der Waals surface area (Å²) in [6.07, 6.45) is 3.35. The van der Waals surface area contributed by atoms with Gasteiger partial charge in [0.2, 0.25) is 5.91 Å². The van der Waals surface area contributed by atoms with E-state index in [4.69, 9.17) is 0 Å². The summed E-state index contributed by atoms with van der Waals surface area (Å²) >= 11 is 1.76. The first-order valence-electron chi connectivity index (χ1n) is 10.6. The quantitative estimate of drug-likeness (QED) is 0.477. The first-order valence-corrected chi connectivity index (χ1v) is 11.5. The Morgan fingerprint density at radius 1 is 1.20 bits per heavy atom. The number of nitrogens with zero attached hydrogens (tertiary/aromatic N) is 3. The number of hydrogen-bond acceptors (Lipinski definition) is 4. The van der Waals surface area contributed by atoms with Gasteiger partial charge in [-0.15, -0.1) is 11.3 Å². The Morgan fingerprint density at radius 3 is 2.77 bits per heavy atom. The molecule has 7 heteroatoms. The van der Waals surface area contributed by atoms with Crippen molar-refractivity contribution in [2.24, 2.45) is 4.99 Å². The van der Waals surface area contributed by atoms with E-state index in [-0.39, 0.29) is 12.5 Å². The number of benzene rings is 1. The van der Waals surface area contributed by atoms with E-state index in [1.165, 1.54) is 23.3 Å². The lowest BCUT2D eigenvalue weighted by Crippen LogP contribution is -2.45. The van der Waals surface area contributed by atoms with E-state index in [0.717, 1.165) is 32.6 Å². The van der Waals surface area contributed by atoms with E-state index in [9.17, 15) is 4.79 Å². The maximum Gasteiger partial charge on any atom is 0.243 e. The Morgan fingerprint density at radius 2 is 2.03 bits per heavy atom. The SMILES string of the molecule is CN(C)C(=O)CN=C(NCCc1cccs1)NCC1CCCN1Cc1ccccc1. The maximum atomic E-state index is 12.0. The lowest BCUT2D eigenvalue weighted by Gasteiger charge is -2.25. The molecule has 6 nitrogen and oxygen atoms in total. The third-order valence-electron chi connectivity index (χ3n) is 5.35. The molecule has 1 atom stereocenters. The highest BCUT2D eigenvalue weighted by molar-refractivity contribution is 7.09. The molecule has 0 aliphatic carbocycles. The van der Waals surface area contributed by atoms with Crippen molar-refractivity contribution < 1.29 is 4.79 Å². The van der Waals surface area contributed by atoms with Crippen LogP contribution in [0.2, 0.25) is 0 Å². The molecule has 1 aromatic heterocycles. The molecule has 0 radical (unpaired) electrons. The van der Waals surface area contributed by atoms with Crippen molar-refractivity contribution in [2.45, 2.75) is 31.8 Å². The van der Waals surface area contributed by atoms with Gasteiger partial charge in [0.25, 0.3) is 0 Å². The second kappa shape index (κ2) is 11.7. The third-order valence-corrected chi connectivity index (χ3v) is 6.28. The van der Waals surface area contributed by atoms with Gasteiger partial charge in [-0.2, -0.15) is 0 Å². The van der Waals surface area contributed by atoms with Gasteiger partial charge in [-0.1, -0.05) is 36.4 Å². The second-order valence-corrected chi connectivity index (χ2v) is 8.87. The summed E-state index contributed by atoms with van der Waals surface area (Å²) in [5.41, 5.74) is 1.35. The number of amides is 1. The van der Waals surface area contributed by atoms with Gasteiger partial charge in [-0.3, -0.25) is 9.69 Å². The fourth-order valence-corrected chi connectivity index (χ4v) is 4.30. The molecule has 0 spiro atoms. The number of carbonyl (C=O) groups excluding carboxylic acids is 1. The zero-order valence-corrected chi connectivity index (χ0v) is 18.8. The number of thiophene rings is 1. The largest absolute Gasteiger partial charge is 0.356 e. The molecule has 2 aromatic rings. The van der Waals surface area contributed by atoms with Crippen LogP contribution in [0.1, 0.15) is 23.3 Å². The topological polar surface area (TPSA) is 60.0 Å². The van der Waals surface area contributed by atoms with Gasteiger partial charge in [0.15, 0.2) is 5.96 Å². The Balaban J connectivity index is 1.54. The van der Waals surface area contributed by atoms with Crippen LogP contribution in [-0.4, -0.2) is 68.0 Å². The predicted octanol–water partition coefficient (Wildman–Crippen LogP) is 2.58. The van der Waals surface area contributed by atoms with Crippen LogP contribution in [0.4, 0.5) is 0 Å². The highest BCUT2D eigenvalue weighted by atomic mass is 32.1. The van der Waals surface area contributed by atoms with Crippen LogP contribution in [0.3, 0.4) is 0 Å². The Hall–Kier alpha value is -2.38. The molecule has 1 aliphatic heterocycles. The Labute approximate surface area is 184 Å². The van der Waals surface area contributed by atoms with E-state index in [1.807, 2.05) is 0 Å². The molecular weight excluding hydrogens is 394 g/mol. The van der Waals surface area contributed by atoms with Gasteiger partial charge in [0.05, 0.1) is 0 Å². The van der Waals surface area contributed by atoms with Crippen LogP contribution >= 0.6 is 11.3 Å². The molecule has 3 rings (SSSR count). The molecule has 1 unspecified atom stereocenters. The maximum absolute atomic E-state index is 12.0. The minimum atomic E-state index is 0.000859. The number of hydrogen-bond donors (Lipinski definition) is 2. The van der Waals surface area contributed by atoms with Crippen LogP contribution in [0.15, 0.2) is 52.8 Å². The summed E-state index contributed by atoms with van der Waals surface area (Å²) in [6.45, 7) is 3.87. The minimum absolute atomic E-state index is 0.000859. The van der Waals surface area contributed by atoms with E-state index < -0.39 is 0 Å². The van der Waals surface area contributed by atoms with Gasteiger partial charge in [0, 0.05) is 44.6 Å². The first-order chi connectivity index (χ1) is 14.6. The van der Waals surface area contributed by atoms with Crippen molar-refractivity contribution in [3.63, 3.8) is 0 Å². The molecule has 1 saturated heterocycles. The highest BCUT2D eigenvalue weighted by Crippen LogP contribution is 2.19. The number of guanidine groups is 1. The van der Waals surface area contributed by atoms with Gasteiger partial charge < -0.3 is 15.5 Å². The van der Waals surface area contributed by atoms with Crippen LogP contribution in [-0.2, 0) is 17.8 Å². The lowest BCUT2D eigenvalue weighted by molar-refractivity contribution is -0.127. The van der Waals surface area contributed by atoms with Crippen molar-refractivity contribution in [3.8, 4) is 0 Å². The number of likely N-dealkylation sites (N-methyl/N-ethyl adjacent to an activating group) is 1. The molecule has 2 heterocycles. The molecule has 1 aliphatic rings. The van der Waals surface area contributed by atoms with Crippen LogP contribution in [0.5, 0.6) is 0 Å². The molecular formula is C23H33N5OS. The zero-order chi connectivity index (χ0) is 21.2. The normalized spacial score (nSPS) is 17.1. The second-order valence-electron chi connectivity index (χ2n) is 7.84. The summed E-state index contributed by atoms with van der Waals surface area (Å²) in [5.74, 6) is 0.717. The summed E-state index contributed by atoms with van der Waals surface area (Å²) in [6, 6.07) is 15.3. The van der Waals surface area contributed by atoms with E-state index >= 15 is 0 Å².